The molecule has 2 heterocycles. The molecular weight excluding hydrogens is 380 g/mol. The van der Waals surface area contributed by atoms with Crippen molar-refractivity contribution in [1.82, 2.24) is 14.7 Å². The lowest BCUT2D eigenvalue weighted by Gasteiger charge is -2.14. The third kappa shape index (κ3) is 4.97. The topological polar surface area (TPSA) is 84.7 Å². The standard InChI is InChI=1S/C23H28N4O3/c1-15(2)30-19-11-6-5-10-18(19)26-20(28)12-7-13-24-23(29)21-17(4)25-22-16(3)9-8-14-27(21)22/h5-6,8-11,14-15H,7,12-13H2,1-4H3,(H,24,29)(H,26,28). The summed E-state index contributed by atoms with van der Waals surface area (Å²) in [6, 6.07) is 11.2. The lowest BCUT2D eigenvalue weighted by molar-refractivity contribution is -0.116. The molecule has 0 bridgehead atoms. The highest BCUT2D eigenvalue weighted by Crippen LogP contribution is 2.25. The van der Waals surface area contributed by atoms with Gasteiger partial charge >= 0.3 is 0 Å². The van der Waals surface area contributed by atoms with E-state index in [-0.39, 0.29) is 17.9 Å². The maximum absolute atomic E-state index is 12.6. The summed E-state index contributed by atoms with van der Waals surface area (Å²) in [6.45, 7) is 8.06. The van der Waals surface area contributed by atoms with Crippen LogP contribution in [0.4, 0.5) is 5.69 Å². The summed E-state index contributed by atoms with van der Waals surface area (Å²) in [5.74, 6) is 0.333. The van der Waals surface area contributed by atoms with Crippen LogP contribution in [0.5, 0.6) is 5.75 Å². The first-order valence-electron chi connectivity index (χ1n) is 10.1. The Balaban J connectivity index is 1.52. The van der Waals surface area contributed by atoms with Crippen LogP contribution in [0.3, 0.4) is 0 Å². The number of aromatic nitrogens is 2. The van der Waals surface area contributed by atoms with Crippen LogP contribution in [-0.4, -0.2) is 33.8 Å². The summed E-state index contributed by atoms with van der Waals surface area (Å²) in [5.41, 5.74) is 3.65. The Labute approximate surface area is 176 Å². The highest BCUT2D eigenvalue weighted by Gasteiger charge is 2.17. The van der Waals surface area contributed by atoms with Crippen LogP contribution < -0.4 is 15.4 Å². The van der Waals surface area contributed by atoms with Crippen molar-refractivity contribution in [1.29, 1.82) is 0 Å². The second-order valence-corrected chi connectivity index (χ2v) is 7.50. The third-order valence-corrected chi connectivity index (χ3v) is 4.62. The number of carbonyl (C=O) groups excluding carboxylic acids is 2. The van der Waals surface area contributed by atoms with Gasteiger partial charge in [-0.25, -0.2) is 4.98 Å². The number of nitrogens with zero attached hydrogens (tertiary/aromatic N) is 2. The predicted molar refractivity (Wildman–Crippen MR) is 117 cm³/mol. The van der Waals surface area contributed by atoms with Gasteiger partial charge in [0.15, 0.2) is 0 Å². The number of rotatable bonds is 8. The van der Waals surface area contributed by atoms with Crippen molar-refractivity contribution in [3.8, 4) is 5.75 Å². The van der Waals surface area contributed by atoms with E-state index in [1.54, 1.807) is 4.40 Å². The quantitative estimate of drug-likeness (QED) is 0.554. The van der Waals surface area contributed by atoms with Gasteiger partial charge < -0.3 is 15.4 Å². The van der Waals surface area contributed by atoms with Crippen LogP contribution in [0, 0.1) is 13.8 Å². The second kappa shape index (κ2) is 9.43. The van der Waals surface area contributed by atoms with Gasteiger partial charge in [0.05, 0.1) is 17.5 Å². The van der Waals surface area contributed by atoms with Gasteiger partial charge in [0, 0.05) is 19.2 Å². The highest BCUT2D eigenvalue weighted by atomic mass is 16.5. The summed E-state index contributed by atoms with van der Waals surface area (Å²) in [6.07, 6.45) is 2.67. The maximum Gasteiger partial charge on any atom is 0.270 e. The fraction of sp³-hybridized carbons (Fsp3) is 0.348. The Morgan fingerprint density at radius 2 is 1.90 bits per heavy atom. The monoisotopic (exact) mass is 408 g/mol. The van der Waals surface area contributed by atoms with Gasteiger partial charge in [-0.3, -0.25) is 14.0 Å². The number of hydrogen-bond acceptors (Lipinski definition) is 4. The van der Waals surface area contributed by atoms with E-state index in [4.69, 9.17) is 4.74 Å². The van der Waals surface area contributed by atoms with E-state index >= 15 is 0 Å². The number of amides is 2. The smallest absolute Gasteiger partial charge is 0.270 e. The molecule has 3 aromatic rings. The Morgan fingerprint density at radius 3 is 2.67 bits per heavy atom. The van der Waals surface area contributed by atoms with Crippen molar-refractivity contribution in [2.24, 2.45) is 0 Å². The zero-order valence-corrected chi connectivity index (χ0v) is 17.9. The Kier molecular flexibility index (Phi) is 6.72. The molecule has 7 nitrogen and oxygen atoms in total. The van der Waals surface area contributed by atoms with E-state index in [1.807, 2.05) is 70.3 Å². The fourth-order valence-corrected chi connectivity index (χ4v) is 3.26. The molecule has 0 fully saturated rings. The van der Waals surface area contributed by atoms with Gasteiger partial charge in [-0.15, -0.1) is 0 Å². The van der Waals surface area contributed by atoms with Crippen LogP contribution in [0.25, 0.3) is 5.65 Å². The molecular formula is C23H28N4O3. The van der Waals surface area contributed by atoms with Crippen molar-refractivity contribution in [2.45, 2.75) is 46.6 Å². The van der Waals surface area contributed by atoms with E-state index in [9.17, 15) is 9.59 Å². The van der Waals surface area contributed by atoms with E-state index in [0.29, 0.717) is 42.2 Å². The van der Waals surface area contributed by atoms with Crippen LogP contribution in [-0.2, 0) is 4.79 Å². The van der Waals surface area contributed by atoms with Crippen molar-refractivity contribution < 1.29 is 14.3 Å². The van der Waals surface area contributed by atoms with Crippen LogP contribution >= 0.6 is 0 Å². The zero-order valence-electron chi connectivity index (χ0n) is 17.9. The number of aryl methyl sites for hydroxylation is 2. The summed E-state index contributed by atoms with van der Waals surface area (Å²) < 4.78 is 7.52. The van der Waals surface area contributed by atoms with Crippen LogP contribution in [0.15, 0.2) is 42.6 Å². The number of fused-ring (bicyclic) bond motifs is 1. The van der Waals surface area contributed by atoms with Crippen molar-refractivity contribution in [2.75, 3.05) is 11.9 Å². The molecule has 0 saturated carbocycles. The van der Waals surface area contributed by atoms with E-state index in [0.717, 1.165) is 11.2 Å². The Morgan fingerprint density at radius 1 is 1.13 bits per heavy atom. The number of ether oxygens (including phenoxy) is 1. The summed E-state index contributed by atoms with van der Waals surface area (Å²) in [7, 11) is 0. The predicted octanol–water partition coefficient (Wildman–Crippen LogP) is 3.89. The number of nitrogens with one attached hydrogen (secondary N) is 2. The molecule has 0 saturated heterocycles. The molecule has 2 N–H and O–H groups in total. The normalized spacial score (nSPS) is 11.0. The van der Waals surface area contributed by atoms with Gasteiger partial charge in [-0.2, -0.15) is 0 Å². The molecule has 0 atom stereocenters. The number of hydrogen-bond donors (Lipinski definition) is 2. The first kappa shape index (κ1) is 21.4. The lowest BCUT2D eigenvalue weighted by Crippen LogP contribution is -2.27. The molecule has 0 aliphatic carbocycles. The minimum absolute atomic E-state index is 0.0186. The number of para-hydroxylation sites is 2. The third-order valence-electron chi connectivity index (χ3n) is 4.62. The van der Waals surface area contributed by atoms with Gasteiger partial charge in [-0.05, 0) is 57.9 Å². The van der Waals surface area contributed by atoms with Gasteiger partial charge in [0.2, 0.25) is 5.91 Å². The molecule has 158 valence electrons. The highest BCUT2D eigenvalue weighted by molar-refractivity contribution is 5.95. The van der Waals surface area contributed by atoms with Gasteiger partial charge in [0.1, 0.15) is 17.1 Å². The molecule has 2 amide bonds. The molecule has 2 aromatic heterocycles. The van der Waals surface area contributed by atoms with E-state index < -0.39 is 0 Å². The molecule has 1 aromatic carbocycles. The number of pyridine rings is 1. The van der Waals surface area contributed by atoms with E-state index in [2.05, 4.69) is 15.6 Å². The number of anilines is 1. The maximum atomic E-state index is 12.6. The Bertz CT molecular complexity index is 1060. The first-order valence-corrected chi connectivity index (χ1v) is 10.1. The SMILES string of the molecule is Cc1nc2c(C)cccn2c1C(=O)NCCCC(=O)Nc1ccccc1OC(C)C. The average molecular weight is 409 g/mol. The van der Waals surface area contributed by atoms with E-state index in [1.165, 1.54) is 0 Å². The minimum atomic E-state index is -0.193. The number of carbonyl (C=O) groups is 2. The number of imidazole rings is 1. The molecule has 0 spiro atoms. The van der Waals surface area contributed by atoms with Crippen molar-refractivity contribution in [3.63, 3.8) is 0 Å². The largest absolute Gasteiger partial charge is 0.489 e. The molecule has 30 heavy (non-hydrogen) atoms. The number of benzene rings is 1. The molecule has 0 aliphatic heterocycles. The fourth-order valence-electron chi connectivity index (χ4n) is 3.26. The molecule has 0 aliphatic rings. The van der Waals surface area contributed by atoms with Crippen molar-refractivity contribution >= 4 is 23.1 Å². The second-order valence-electron chi connectivity index (χ2n) is 7.50. The molecule has 7 heteroatoms. The Hall–Kier alpha value is -3.35. The van der Waals surface area contributed by atoms with Gasteiger partial charge in [0.25, 0.3) is 5.91 Å². The zero-order chi connectivity index (χ0) is 21.7. The summed E-state index contributed by atoms with van der Waals surface area (Å²) >= 11 is 0. The van der Waals surface area contributed by atoms with Crippen LogP contribution in [0.1, 0.15) is 48.4 Å². The lowest BCUT2D eigenvalue weighted by atomic mass is 10.2. The minimum Gasteiger partial charge on any atom is -0.489 e. The first-order chi connectivity index (χ1) is 14.4. The van der Waals surface area contributed by atoms with Gasteiger partial charge in [-0.1, -0.05) is 18.2 Å². The van der Waals surface area contributed by atoms with Crippen molar-refractivity contribution in [3.05, 3.63) is 59.5 Å². The summed E-state index contributed by atoms with van der Waals surface area (Å²) in [5, 5.41) is 5.77. The molecule has 3 rings (SSSR count). The molecule has 0 radical (unpaired) electrons. The molecule has 0 unspecified atom stereocenters. The summed E-state index contributed by atoms with van der Waals surface area (Å²) in [4.78, 5) is 29.4. The average Bonchev–Trinajstić information content (AvgIpc) is 3.04. The van der Waals surface area contributed by atoms with Crippen LogP contribution in [0.2, 0.25) is 0 Å².